The van der Waals surface area contributed by atoms with Gasteiger partial charge >= 0.3 is 0 Å². The number of rotatable bonds is 4. The van der Waals surface area contributed by atoms with Crippen LogP contribution in [0.2, 0.25) is 0 Å². The first-order chi connectivity index (χ1) is 12.5. The third-order valence-electron chi connectivity index (χ3n) is 5.56. The van der Waals surface area contributed by atoms with E-state index >= 15 is 0 Å². The van der Waals surface area contributed by atoms with Crippen molar-refractivity contribution in [1.29, 1.82) is 0 Å². The maximum absolute atomic E-state index is 13.4. The summed E-state index contributed by atoms with van der Waals surface area (Å²) >= 11 is 0. The standard InChI is InChI=1S/C22H26FN3/c1-15(2)25-8-7-22-20(14-25)19-10-16(3)4-5-21(19)26(22)9-6-17-11-18(23)13-24-12-17/h4-5,10-13,15H,6-9,14H2,1-3H3. The smallest absolute Gasteiger partial charge is 0.141 e. The zero-order chi connectivity index (χ0) is 18.3. The van der Waals surface area contributed by atoms with E-state index in [0.29, 0.717) is 6.04 Å². The van der Waals surface area contributed by atoms with Crippen LogP contribution in [0.15, 0.2) is 36.7 Å². The van der Waals surface area contributed by atoms with Gasteiger partial charge in [-0.05, 0) is 56.5 Å². The van der Waals surface area contributed by atoms with Gasteiger partial charge in [0.2, 0.25) is 0 Å². The van der Waals surface area contributed by atoms with Crippen molar-refractivity contribution in [2.45, 2.75) is 52.7 Å². The molecule has 3 aromatic rings. The lowest BCUT2D eigenvalue weighted by molar-refractivity contribution is 0.202. The molecule has 0 saturated heterocycles. The molecule has 0 aliphatic carbocycles. The third kappa shape index (κ3) is 3.14. The summed E-state index contributed by atoms with van der Waals surface area (Å²) in [7, 11) is 0. The molecule has 0 spiro atoms. The molecular formula is C22H26FN3. The lowest BCUT2D eigenvalue weighted by Crippen LogP contribution is -2.36. The fraction of sp³-hybridized carbons (Fsp3) is 0.409. The van der Waals surface area contributed by atoms with E-state index in [1.54, 1.807) is 12.3 Å². The summed E-state index contributed by atoms with van der Waals surface area (Å²) in [6, 6.07) is 8.90. The number of pyridine rings is 1. The SMILES string of the molecule is Cc1ccc2c(c1)c1c(n2CCc2cncc(F)c2)CCN(C(C)C)C1. The van der Waals surface area contributed by atoms with Gasteiger partial charge in [0.25, 0.3) is 0 Å². The van der Waals surface area contributed by atoms with E-state index in [-0.39, 0.29) is 5.82 Å². The van der Waals surface area contributed by atoms with Crippen LogP contribution in [0.25, 0.3) is 10.9 Å². The second-order valence-electron chi connectivity index (χ2n) is 7.67. The molecule has 136 valence electrons. The van der Waals surface area contributed by atoms with Crippen LogP contribution in [0.1, 0.15) is 36.2 Å². The van der Waals surface area contributed by atoms with Gasteiger partial charge in [-0.1, -0.05) is 11.6 Å². The molecule has 2 aromatic heterocycles. The van der Waals surface area contributed by atoms with Crippen LogP contribution in [-0.4, -0.2) is 27.0 Å². The summed E-state index contributed by atoms with van der Waals surface area (Å²) in [5, 5.41) is 1.38. The molecule has 3 nitrogen and oxygen atoms in total. The monoisotopic (exact) mass is 351 g/mol. The zero-order valence-corrected chi connectivity index (χ0v) is 15.8. The van der Waals surface area contributed by atoms with Crippen molar-refractivity contribution < 1.29 is 4.39 Å². The minimum atomic E-state index is -0.259. The molecule has 0 fully saturated rings. The highest BCUT2D eigenvalue weighted by Crippen LogP contribution is 2.32. The molecule has 0 radical (unpaired) electrons. The average molecular weight is 351 g/mol. The molecule has 0 N–H and O–H groups in total. The molecule has 4 heteroatoms. The molecule has 1 aliphatic rings. The summed E-state index contributed by atoms with van der Waals surface area (Å²) in [6.45, 7) is 9.67. The maximum Gasteiger partial charge on any atom is 0.141 e. The first kappa shape index (κ1) is 17.2. The Balaban J connectivity index is 1.73. The van der Waals surface area contributed by atoms with Crippen LogP contribution in [-0.2, 0) is 25.9 Å². The highest BCUT2D eigenvalue weighted by atomic mass is 19.1. The molecule has 1 aromatic carbocycles. The predicted octanol–water partition coefficient (Wildman–Crippen LogP) is 4.49. The van der Waals surface area contributed by atoms with E-state index in [0.717, 1.165) is 38.0 Å². The molecule has 0 unspecified atom stereocenters. The predicted molar refractivity (Wildman–Crippen MR) is 104 cm³/mol. The first-order valence-electron chi connectivity index (χ1n) is 9.47. The van der Waals surface area contributed by atoms with Gasteiger partial charge in [-0.15, -0.1) is 0 Å². The quantitative estimate of drug-likeness (QED) is 0.690. The summed E-state index contributed by atoms with van der Waals surface area (Å²) in [6.07, 6.45) is 4.90. The second kappa shape index (κ2) is 6.84. The lowest BCUT2D eigenvalue weighted by Gasteiger charge is -2.31. The Labute approximate surface area is 154 Å². The molecule has 4 rings (SSSR count). The number of aromatic nitrogens is 2. The summed E-state index contributed by atoms with van der Waals surface area (Å²) in [4.78, 5) is 6.53. The van der Waals surface area contributed by atoms with Gasteiger partial charge in [-0.2, -0.15) is 0 Å². The summed E-state index contributed by atoms with van der Waals surface area (Å²) in [5.41, 5.74) is 6.48. The Morgan fingerprint density at radius 3 is 2.81 bits per heavy atom. The Morgan fingerprint density at radius 1 is 1.19 bits per heavy atom. The number of benzene rings is 1. The first-order valence-corrected chi connectivity index (χ1v) is 9.47. The Hall–Kier alpha value is -2.20. The van der Waals surface area contributed by atoms with Gasteiger partial charge in [0, 0.05) is 54.9 Å². The Kier molecular flexibility index (Phi) is 4.53. The van der Waals surface area contributed by atoms with Crippen molar-refractivity contribution in [2.24, 2.45) is 0 Å². The second-order valence-corrected chi connectivity index (χ2v) is 7.67. The largest absolute Gasteiger partial charge is 0.344 e. The minimum absolute atomic E-state index is 0.259. The number of hydrogen-bond donors (Lipinski definition) is 0. The number of halogens is 1. The van der Waals surface area contributed by atoms with Crippen molar-refractivity contribution in [3.63, 3.8) is 0 Å². The molecular weight excluding hydrogens is 325 g/mol. The molecule has 3 heterocycles. The van der Waals surface area contributed by atoms with Crippen molar-refractivity contribution in [3.8, 4) is 0 Å². The maximum atomic E-state index is 13.4. The van der Waals surface area contributed by atoms with Gasteiger partial charge in [0.1, 0.15) is 5.82 Å². The van der Waals surface area contributed by atoms with E-state index in [4.69, 9.17) is 0 Å². The number of hydrogen-bond acceptors (Lipinski definition) is 2. The molecule has 26 heavy (non-hydrogen) atoms. The summed E-state index contributed by atoms with van der Waals surface area (Å²) < 4.78 is 15.9. The van der Waals surface area contributed by atoms with Crippen molar-refractivity contribution in [3.05, 3.63) is 64.9 Å². The van der Waals surface area contributed by atoms with Crippen LogP contribution in [0.5, 0.6) is 0 Å². The van der Waals surface area contributed by atoms with Gasteiger partial charge in [0.05, 0.1) is 6.20 Å². The highest BCUT2D eigenvalue weighted by molar-refractivity contribution is 5.86. The topological polar surface area (TPSA) is 21.1 Å². The number of aryl methyl sites for hydroxylation is 3. The zero-order valence-electron chi connectivity index (χ0n) is 15.8. The van der Waals surface area contributed by atoms with Crippen LogP contribution in [0.4, 0.5) is 4.39 Å². The number of nitrogens with zero attached hydrogens (tertiary/aromatic N) is 3. The van der Waals surface area contributed by atoms with Crippen LogP contribution in [0.3, 0.4) is 0 Å². The van der Waals surface area contributed by atoms with E-state index < -0.39 is 0 Å². The average Bonchev–Trinajstić information content (AvgIpc) is 2.92. The Morgan fingerprint density at radius 2 is 2.04 bits per heavy atom. The van der Waals surface area contributed by atoms with E-state index in [1.165, 1.54) is 33.9 Å². The summed E-state index contributed by atoms with van der Waals surface area (Å²) in [5.74, 6) is -0.259. The number of fused-ring (bicyclic) bond motifs is 3. The molecule has 1 aliphatic heterocycles. The molecule has 0 atom stereocenters. The van der Waals surface area contributed by atoms with Crippen molar-refractivity contribution in [1.82, 2.24) is 14.5 Å². The fourth-order valence-corrected chi connectivity index (χ4v) is 4.11. The highest BCUT2D eigenvalue weighted by Gasteiger charge is 2.25. The van der Waals surface area contributed by atoms with E-state index in [9.17, 15) is 4.39 Å². The van der Waals surface area contributed by atoms with Crippen molar-refractivity contribution >= 4 is 10.9 Å². The molecule has 0 saturated carbocycles. The van der Waals surface area contributed by atoms with E-state index in [1.807, 2.05) is 0 Å². The lowest BCUT2D eigenvalue weighted by atomic mass is 10.0. The van der Waals surface area contributed by atoms with Crippen LogP contribution >= 0.6 is 0 Å². The van der Waals surface area contributed by atoms with Gasteiger partial charge < -0.3 is 4.57 Å². The van der Waals surface area contributed by atoms with E-state index in [2.05, 4.69) is 53.4 Å². The minimum Gasteiger partial charge on any atom is -0.344 e. The molecule has 0 bridgehead atoms. The van der Waals surface area contributed by atoms with Crippen LogP contribution < -0.4 is 0 Å². The Bertz CT molecular complexity index is 942. The van der Waals surface area contributed by atoms with Gasteiger partial charge in [-0.3, -0.25) is 9.88 Å². The van der Waals surface area contributed by atoms with Gasteiger partial charge in [0.15, 0.2) is 0 Å². The van der Waals surface area contributed by atoms with Crippen LogP contribution in [0, 0.1) is 12.7 Å². The molecule has 0 amide bonds. The third-order valence-corrected chi connectivity index (χ3v) is 5.56. The van der Waals surface area contributed by atoms with Crippen molar-refractivity contribution in [2.75, 3.05) is 6.54 Å². The van der Waals surface area contributed by atoms with Gasteiger partial charge in [-0.25, -0.2) is 4.39 Å². The normalized spacial score (nSPS) is 15.0. The fourth-order valence-electron chi connectivity index (χ4n) is 4.11.